The number of hydrogen-bond donors (Lipinski definition) is 0. The summed E-state index contributed by atoms with van der Waals surface area (Å²) < 4.78 is 37.2. The Morgan fingerprint density at radius 2 is 2.09 bits per heavy atom. The molecule has 0 aromatic heterocycles. The Balaban J connectivity index is 1.89. The molecular weight excluding hydrogens is 347 g/mol. The summed E-state index contributed by atoms with van der Waals surface area (Å²) in [6, 6.07) is 2.06. The quantitative estimate of drug-likeness (QED) is 0.754. The Morgan fingerprint density at radius 3 is 2.70 bits per heavy atom. The van der Waals surface area contributed by atoms with Gasteiger partial charge in [0.1, 0.15) is 5.82 Å². The standard InChI is InChI=1S/C14H14ClFN2O4S/c1-17(8-4-5-23(21,22)6-8)7-18-12-10(16)3-2-9(15)11(12)13(19)14(18)20/h2-3,8H,4-7H2,1H3. The molecule has 0 spiro atoms. The van der Waals surface area contributed by atoms with E-state index in [1.165, 1.54) is 6.07 Å². The van der Waals surface area contributed by atoms with Gasteiger partial charge in [0.25, 0.3) is 5.78 Å². The second kappa shape index (κ2) is 5.54. The maximum Gasteiger partial charge on any atom is 0.300 e. The summed E-state index contributed by atoms with van der Waals surface area (Å²) in [6.45, 7) is -0.0744. The predicted molar refractivity (Wildman–Crippen MR) is 82.9 cm³/mol. The maximum atomic E-state index is 14.1. The van der Waals surface area contributed by atoms with E-state index >= 15 is 0 Å². The predicted octanol–water partition coefficient (Wildman–Crippen LogP) is 1.08. The van der Waals surface area contributed by atoms with E-state index in [0.29, 0.717) is 6.42 Å². The largest absolute Gasteiger partial charge is 0.300 e. The van der Waals surface area contributed by atoms with Crippen molar-refractivity contribution in [3.05, 3.63) is 28.5 Å². The normalized spacial score (nSPS) is 23.0. The van der Waals surface area contributed by atoms with Gasteiger partial charge < -0.3 is 0 Å². The first kappa shape index (κ1) is 16.4. The number of anilines is 1. The zero-order valence-electron chi connectivity index (χ0n) is 12.3. The van der Waals surface area contributed by atoms with Crippen molar-refractivity contribution in [3.8, 4) is 0 Å². The van der Waals surface area contributed by atoms with Crippen LogP contribution in [-0.4, -0.2) is 56.3 Å². The molecule has 3 rings (SSSR count). The highest BCUT2D eigenvalue weighted by Gasteiger charge is 2.41. The Kier molecular flexibility index (Phi) is 3.94. The topological polar surface area (TPSA) is 74.8 Å². The van der Waals surface area contributed by atoms with E-state index in [2.05, 4.69) is 0 Å². The van der Waals surface area contributed by atoms with Crippen molar-refractivity contribution in [1.29, 1.82) is 0 Å². The summed E-state index contributed by atoms with van der Waals surface area (Å²) in [6.07, 6.45) is 0.444. The summed E-state index contributed by atoms with van der Waals surface area (Å²) >= 11 is 5.91. The summed E-state index contributed by atoms with van der Waals surface area (Å²) in [7, 11) is -1.44. The average molecular weight is 361 g/mol. The molecule has 0 aliphatic carbocycles. The highest BCUT2D eigenvalue weighted by atomic mass is 35.5. The molecule has 1 atom stereocenters. The molecule has 2 heterocycles. The minimum absolute atomic E-state index is 0.00956. The smallest absolute Gasteiger partial charge is 0.288 e. The number of halogens is 2. The number of sulfone groups is 1. The van der Waals surface area contributed by atoms with E-state index in [9.17, 15) is 22.4 Å². The van der Waals surface area contributed by atoms with E-state index < -0.39 is 27.3 Å². The molecule has 1 fully saturated rings. The van der Waals surface area contributed by atoms with Gasteiger partial charge in [-0.2, -0.15) is 0 Å². The van der Waals surface area contributed by atoms with Gasteiger partial charge in [-0.25, -0.2) is 12.8 Å². The number of fused-ring (bicyclic) bond motifs is 1. The molecular formula is C14H14ClFN2O4S. The van der Waals surface area contributed by atoms with Crippen LogP contribution in [0.4, 0.5) is 10.1 Å². The van der Waals surface area contributed by atoms with Crippen LogP contribution >= 0.6 is 11.6 Å². The highest BCUT2D eigenvalue weighted by Crippen LogP contribution is 2.36. The fraction of sp³-hybridized carbons (Fsp3) is 0.429. The molecule has 1 aromatic rings. The molecule has 23 heavy (non-hydrogen) atoms. The molecule has 2 aliphatic rings. The van der Waals surface area contributed by atoms with Crippen molar-refractivity contribution in [3.63, 3.8) is 0 Å². The first-order valence-electron chi connectivity index (χ1n) is 6.96. The lowest BCUT2D eigenvalue weighted by Gasteiger charge is -2.28. The van der Waals surface area contributed by atoms with E-state index in [1.807, 2.05) is 0 Å². The molecule has 0 saturated carbocycles. The molecule has 9 heteroatoms. The van der Waals surface area contributed by atoms with Crippen LogP contribution in [0.25, 0.3) is 0 Å². The molecule has 0 N–H and O–H groups in total. The number of Topliss-reactive ketones (excluding diaryl/α,β-unsaturated/α-hetero) is 1. The summed E-state index contributed by atoms with van der Waals surface area (Å²) in [5, 5.41) is 0.0216. The summed E-state index contributed by atoms with van der Waals surface area (Å²) in [5.74, 6) is -2.34. The number of hydrogen-bond acceptors (Lipinski definition) is 5. The van der Waals surface area contributed by atoms with Gasteiger partial charge in [-0.05, 0) is 25.6 Å². The molecule has 2 aliphatic heterocycles. The summed E-state index contributed by atoms with van der Waals surface area (Å²) in [5.41, 5.74) is -0.274. The van der Waals surface area contributed by atoms with E-state index in [1.54, 1.807) is 11.9 Å². The molecule has 124 valence electrons. The molecule has 1 amide bonds. The first-order chi connectivity index (χ1) is 10.7. The van der Waals surface area contributed by atoms with Crippen LogP contribution < -0.4 is 4.90 Å². The van der Waals surface area contributed by atoms with Gasteiger partial charge in [-0.1, -0.05) is 11.6 Å². The minimum Gasteiger partial charge on any atom is -0.288 e. The van der Waals surface area contributed by atoms with Gasteiger partial charge in [-0.15, -0.1) is 0 Å². The van der Waals surface area contributed by atoms with Gasteiger partial charge in [0, 0.05) is 6.04 Å². The third-order valence-electron chi connectivity index (χ3n) is 4.21. The maximum absolute atomic E-state index is 14.1. The first-order valence-corrected chi connectivity index (χ1v) is 9.16. The highest BCUT2D eigenvalue weighted by molar-refractivity contribution is 7.91. The van der Waals surface area contributed by atoms with Gasteiger partial charge in [0.2, 0.25) is 0 Å². The lowest BCUT2D eigenvalue weighted by Crippen LogP contribution is -2.44. The zero-order chi connectivity index (χ0) is 16.9. The molecule has 0 radical (unpaired) electrons. The van der Waals surface area contributed by atoms with Crippen LogP contribution in [0.3, 0.4) is 0 Å². The minimum atomic E-state index is -3.08. The van der Waals surface area contributed by atoms with Gasteiger partial charge in [0.05, 0.1) is 34.4 Å². The van der Waals surface area contributed by atoms with Gasteiger partial charge in [-0.3, -0.25) is 19.4 Å². The average Bonchev–Trinajstić information content (AvgIpc) is 2.96. The van der Waals surface area contributed by atoms with Gasteiger partial charge >= 0.3 is 5.91 Å². The van der Waals surface area contributed by atoms with Crippen LogP contribution in [-0.2, 0) is 14.6 Å². The van der Waals surface area contributed by atoms with Crippen LogP contribution in [0, 0.1) is 5.82 Å². The third-order valence-corrected chi connectivity index (χ3v) is 6.28. The Morgan fingerprint density at radius 1 is 1.39 bits per heavy atom. The van der Waals surface area contributed by atoms with Crippen molar-refractivity contribution >= 4 is 38.8 Å². The number of amides is 1. The SMILES string of the molecule is CN(CN1C(=O)C(=O)c2c(Cl)ccc(F)c21)C1CCS(=O)(=O)C1. The Bertz CT molecular complexity index is 811. The van der Waals surface area contributed by atoms with Crippen LogP contribution in [0.1, 0.15) is 16.8 Å². The zero-order valence-corrected chi connectivity index (χ0v) is 13.8. The van der Waals surface area contributed by atoms with Gasteiger partial charge in [0.15, 0.2) is 9.84 Å². The Labute approximate surface area is 137 Å². The molecule has 1 unspecified atom stereocenters. The number of ketones is 1. The third kappa shape index (κ3) is 2.75. The Hall–Kier alpha value is -1.51. The van der Waals surface area contributed by atoms with Crippen LogP contribution in [0.5, 0.6) is 0 Å². The number of nitrogens with zero attached hydrogens (tertiary/aromatic N) is 2. The number of carbonyl (C=O) groups excluding carboxylic acids is 2. The fourth-order valence-electron chi connectivity index (χ4n) is 2.95. The number of rotatable bonds is 3. The van der Waals surface area contributed by atoms with Crippen molar-refractivity contribution in [2.24, 2.45) is 0 Å². The lowest BCUT2D eigenvalue weighted by atomic mass is 10.1. The molecule has 1 saturated heterocycles. The second-order valence-corrected chi connectivity index (χ2v) is 8.41. The van der Waals surface area contributed by atoms with E-state index in [0.717, 1.165) is 11.0 Å². The van der Waals surface area contributed by atoms with Crippen molar-refractivity contribution in [2.45, 2.75) is 12.5 Å². The molecule has 1 aromatic carbocycles. The van der Waals surface area contributed by atoms with Crippen LogP contribution in [0.15, 0.2) is 12.1 Å². The van der Waals surface area contributed by atoms with E-state index in [-0.39, 0.29) is 40.5 Å². The van der Waals surface area contributed by atoms with E-state index in [4.69, 9.17) is 11.6 Å². The number of carbonyl (C=O) groups is 2. The molecule has 6 nitrogen and oxygen atoms in total. The second-order valence-electron chi connectivity index (χ2n) is 5.77. The van der Waals surface area contributed by atoms with Crippen molar-refractivity contribution in [2.75, 3.05) is 30.1 Å². The molecule has 0 bridgehead atoms. The van der Waals surface area contributed by atoms with Crippen molar-refractivity contribution in [1.82, 2.24) is 4.90 Å². The fourth-order valence-corrected chi connectivity index (χ4v) is 4.99. The van der Waals surface area contributed by atoms with Crippen molar-refractivity contribution < 1.29 is 22.4 Å². The lowest BCUT2D eigenvalue weighted by molar-refractivity contribution is -0.114. The number of benzene rings is 1. The monoisotopic (exact) mass is 360 g/mol. The summed E-state index contributed by atoms with van der Waals surface area (Å²) in [4.78, 5) is 26.8. The van der Waals surface area contributed by atoms with Crippen LogP contribution in [0.2, 0.25) is 5.02 Å².